The Morgan fingerprint density at radius 1 is 1.11 bits per heavy atom. The molecule has 8 heteroatoms. The van der Waals surface area contributed by atoms with Gasteiger partial charge in [0.25, 0.3) is 0 Å². The zero-order valence-electron chi connectivity index (χ0n) is 22.0. The highest BCUT2D eigenvalue weighted by Crippen LogP contribution is 2.28. The van der Waals surface area contributed by atoms with Crippen LogP contribution in [0.25, 0.3) is 11.3 Å². The molecule has 1 saturated heterocycles. The van der Waals surface area contributed by atoms with E-state index in [-0.39, 0.29) is 12.2 Å². The molecule has 0 atom stereocenters. The summed E-state index contributed by atoms with van der Waals surface area (Å²) in [5.74, 6) is 1.19. The fourth-order valence-electron chi connectivity index (χ4n) is 4.56. The van der Waals surface area contributed by atoms with Crippen LogP contribution in [0, 0.1) is 0 Å². The summed E-state index contributed by atoms with van der Waals surface area (Å²) >= 11 is 6.43. The van der Waals surface area contributed by atoms with Gasteiger partial charge in [0, 0.05) is 56.5 Å². The number of allylic oxidation sites excluding steroid dienone is 1. The number of hydrogen-bond donors (Lipinski definition) is 1. The molecule has 3 aromatic rings. The number of carbonyl (C=O) groups is 1. The topological polar surface area (TPSA) is 70.6 Å². The van der Waals surface area contributed by atoms with E-state index in [2.05, 4.69) is 38.6 Å². The molecule has 0 saturated carbocycles. The molecule has 0 unspecified atom stereocenters. The predicted molar refractivity (Wildman–Crippen MR) is 154 cm³/mol. The number of anilines is 2. The lowest BCUT2D eigenvalue weighted by molar-refractivity contribution is -0.114. The first-order valence-electron chi connectivity index (χ1n) is 13.3. The quantitative estimate of drug-likeness (QED) is 0.225. The van der Waals surface area contributed by atoms with Crippen LogP contribution >= 0.6 is 11.6 Å². The second kappa shape index (κ2) is 14.0. The molecule has 1 aromatic heterocycles. The van der Waals surface area contributed by atoms with Gasteiger partial charge in [0.15, 0.2) is 5.78 Å². The molecule has 1 aliphatic heterocycles. The van der Waals surface area contributed by atoms with E-state index >= 15 is 0 Å². The standard InChI is InChI=1S/C30H36ClN5O2/c1-3-12-35-14-16-36(17-15-35)13-7-18-38-27-11-6-10-25(21-27)33-30-32-22-28(31)29(34-30)24-9-5-8-23(19-24)20-26(37)4-2/h4-6,8-11,19,21-22H,2-3,7,12-18,20H2,1H3,(H,32,33,34). The molecule has 0 amide bonds. The number of aromatic nitrogens is 2. The van der Waals surface area contributed by atoms with Crippen LogP contribution in [0.4, 0.5) is 11.6 Å². The van der Waals surface area contributed by atoms with Gasteiger partial charge < -0.3 is 19.9 Å². The van der Waals surface area contributed by atoms with Crippen molar-refractivity contribution in [3.8, 4) is 17.0 Å². The molecule has 4 rings (SSSR count). The maximum Gasteiger partial charge on any atom is 0.227 e. The number of rotatable bonds is 13. The van der Waals surface area contributed by atoms with E-state index < -0.39 is 0 Å². The number of ketones is 1. The van der Waals surface area contributed by atoms with E-state index in [1.54, 1.807) is 6.20 Å². The molecule has 0 radical (unpaired) electrons. The summed E-state index contributed by atoms with van der Waals surface area (Å²) in [6.07, 6.45) is 5.41. The third-order valence-electron chi connectivity index (χ3n) is 6.53. The van der Waals surface area contributed by atoms with E-state index in [0.29, 0.717) is 23.3 Å². The van der Waals surface area contributed by atoms with Gasteiger partial charge in [-0.05, 0) is 49.2 Å². The fraction of sp³-hybridized carbons (Fsp3) is 0.367. The Morgan fingerprint density at radius 3 is 2.63 bits per heavy atom. The lowest BCUT2D eigenvalue weighted by Gasteiger charge is -2.34. The summed E-state index contributed by atoms with van der Waals surface area (Å²) in [7, 11) is 0. The van der Waals surface area contributed by atoms with Gasteiger partial charge in [0.1, 0.15) is 5.75 Å². The van der Waals surface area contributed by atoms with E-state index in [1.807, 2.05) is 48.5 Å². The predicted octanol–water partition coefficient (Wildman–Crippen LogP) is 5.63. The second-order valence-corrected chi connectivity index (χ2v) is 9.88. The van der Waals surface area contributed by atoms with Gasteiger partial charge in [0.05, 0.1) is 23.5 Å². The van der Waals surface area contributed by atoms with E-state index in [4.69, 9.17) is 16.3 Å². The van der Waals surface area contributed by atoms with Crippen molar-refractivity contribution in [3.05, 3.63) is 78.0 Å². The Labute approximate surface area is 230 Å². The van der Waals surface area contributed by atoms with Crippen molar-refractivity contribution in [3.63, 3.8) is 0 Å². The molecule has 1 aliphatic rings. The van der Waals surface area contributed by atoms with Gasteiger partial charge >= 0.3 is 0 Å². The first-order chi connectivity index (χ1) is 18.5. The van der Waals surface area contributed by atoms with Gasteiger partial charge in [-0.25, -0.2) is 9.97 Å². The molecular formula is C30H36ClN5O2. The maximum absolute atomic E-state index is 11.8. The van der Waals surface area contributed by atoms with E-state index in [9.17, 15) is 4.79 Å². The molecule has 0 bridgehead atoms. The average Bonchev–Trinajstić information content (AvgIpc) is 2.93. The van der Waals surface area contributed by atoms with Crippen LogP contribution in [0.15, 0.2) is 67.4 Å². The van der Waals surface area contributed by atoms with Gasteiger partial charge in [-0.2, -0.15) is 0 Å². The molecule has 2 aromatic carbocycles. The van der Waals surface area contributed by atoms with Gasteiger partial charge in [-0.3, -0.25) is 4.79 Å². The first-order valence-corrected chi connectivity index (χ1v) is 13.6. The van der Waals surface area contributed by atoms with Crippen molar-refractivity contribution in [1.29, 1.82) is 0 Å². The van der Waals surface area contributed by atoms with E-state index in [0.717, 1.165) is 61.7 Å². The van der Waals surface area contributed by atoms with Gasteiger partial charge in [0.2, 0.25) is 5.95 Å². The second-order valence-electron chi connectivity index (χ2n) is 9.48. The van der Waals surface area contributed by atoms with Crippen LogP contribution in [0.3, 0.4) is 0 Å². The third kappa shape index (κ3) is 8.12. The Hall–Kier alpha value is -3.26. The molecule has 200 valence electrons. The zero-order chi connectivity index (χ0) is 26.7. The van der Waals surface area contributed by atoms with Crippen LogP contribution in [-0.4, -0.2) is 71.4 Å². The minimum absolute atomic E-state index is 0.0364. The number of nitrogens with zero attached hydrogens (tertiary/aromatic N) is 4. The van der Waals surface area contributed by atoms with Crippen LogP contribution < -0.4 is 10.1 Å². The lowest BCUT2D eigenvalue weighted by Crippen LogP contribution is -2.46. The fourth-order valence-corrected chi connectivity index (χ4v) is 4.76. The maximum atomic E-state index is 11.8. The number of hydrogen-bond acceptors (Lipinski definition) is 7. The van der Waals surface area contributed by atoms with Crippen LogP contribution in [0.1, 0.15) is 25.3 Å². The highest BCUT2D eigenvalue weighted by molar-refractivity contribution is 6.32. The monoisotopic (exact) mass is 533 g/mol. The van der Waals surface area contributed by atoms with Gasteiger partial charge in [-0.1, -0.05) is 49.4 Å². The lowest BCUT2D eigenvalue weighted by atomic mass is 10.0. The molecule has 2 heterocycles. The normalized spacial score (nSPS) is 14.3. The molecular weight excluding hydrogens is 498 g/mol. The van der Waals surface area contributed by atoms with Crippen molar-refractivity contribution >= 4 is 29.0 Å². The SMILES string of the molecule is C=CC(=O)Cc1cccc(-c2nc(Nc3cccc(OCCCN4CCN(CCC)CC4)c3)ncc2Cl)c1. The Kier molecular flexibility index (Phi) is 10.3. The average molecular weight is 534 g/mol. The van der Waals surface area contributed by atoms with Crippen molar-refractivity contribution in [2.75, 3.05) is 51.2 Å². The van der Waals surface area contributed by atoms with Crippen LogP contribution in [-0.2, 0) is 11.2 Å². The Balaban J connectivity index is 1.32. The molecule has 1 N–H and O–H groups in total. The Morgan fingerprint density at radius 2 is 1.87 bits per heavy atom. The Bertz CT molecular complexity index is 1230. The number of nitrogens with one attached hydrogen (secondary N) is 1. The van der Waals surface area contributed by atoms with Crippen molar-refractivity contribution in [2.45, 2.75) is 26.2 Å². The van der Waals surface area contributed by atoms with Gasteiger partial charge in [-0.15, -0.1) is 0 Å². The number of benzene rings is 2. The van der Waals surface area contributed by atoms with Crippen LogP contribution in [0.2, 0.25) is 5.02 Å². The highest BCUT2D eigenvalue weighted by Gasteiger charge is 2.15. The smallest absolute Gasteiger partial charge is 0.227 e. The minimum atomic E-state index is -0.0364. The summed E-state index contributed by atoms with van der Waals surface area (Å²) in [6, 6.07) is 15.4. The number of ether oxygens (including phenoxy) is 1. The molecule has 7 nitrogen and oxygen atoms in total. The summed E-state index contributed by atoms with van der Waals surface area (Å²) in [5, 5.41) is 3.69. The third-order valence-corrected chi connectivity index (χ3v) is 6.81. The molecule has 38 heavy (non-hydrogen) atoms. The summed E-state index contributed by atoms with van der Waals surface area (Å²) in [4.78, 5) is 25.8. The summed E-state index contributed by atoms with van der Waals surface area (Å²) in [6.45, 7) is 13.3. The van der Waals surface area contributed by atoms with Crippen molar-refractivity contribution in [1.82, 2.24) is 19.8 Å². The highest BCUT2D eigenvalue weighted by atomic mass is 35.5. The molecule has 0 aliphatic carbocycles. The van der Waals surface area contributed by atoms with E-state index in [1.165, 1.54) is 19.0 Å². The summed E-state index contributed by atoms with van der Waals surface area (Å²) < 4.78 is 6.03. The number of carbonyl (C=O) groups excluding carboxylic acids is 1. The first kappa shape index (κ1) is 27.8. The minimum Gasteiger partial charge on any atom is -0.493 e. The number of halogens is 1. The number of piperazine rings is 1. The largest absolute Gasteiger partial charge is 0.493 e. The van der Waals surface area contributed by atoms with Crippen molar-refractivity contribution in [2.24, 2.45) is 0 Å². The van der Waals surface area contributed by atoms with Crippen molar-refractivity contribution < 1.29 is 9.53 Å². The summed E-state index contributed by atoms with van der Waals surface area (Å²) in [5.41, 5.74) is 3.12. The zero-order valence-corrected chi connectivity index (χ0v) is 22.8. The molecule has 0 spiro atoms. The molecule has 1 fully saturated rings. The van der Waals surface area contributed by atoms with Crippen LogP contribution in [0.5, 0.6) is 5.75 Å².